The number of carbonyl (C=O) groups excluding carboxylic acids is 1. The summed E-state index contributed by atoms with van der Waals surface area (Å²) in [6.07, 6.45) is 4.56. The molecular weight excluding hydrogens is 270 g/mol. The van der Waals surface area contributed by atoms with E-state index in [2.05, 4.69) is 10.4 Å². The Morgan fingerprint density at radius 1 is 1.24 bits per heavy atom. The third-order valence-electron chi connectivity index (χ3n) is 3.06. The second-order valence-electron chi connectivity index (χ2n) is 4.62. The van der Waals surface area contributed by atoms with E-state index in [1.807, 2.05) is 12.3 Å². The van der Waals surface area contributed by atoms with Crippen LogP contribution in [0.25, 0.3) is 0 Å². The molecule has 0 saturated carbocycles. The summed E-state index contributed by atoms with van der Waals surface area (Å²) in [5.74, 6) is -0.957. The van der Waals surface area contributed by atoms with Crippen LogP contribution >= 0.6 is 0 Å². The molecule has 0 atom stereocenters. The molecule has 0 radical (unpaired) electrons. The number of hydrogen-bond donors (Lipinski definition) is 2. The Kier molecular flexibility index (Phi) is 5.09. The lowest BCUT2D eigenvalue weighted by Crippen LogP contribution is -2.26. The topological polar surface area (TPSA) is 84.2 Å². The number of carboxylic acids is 1. The number of nitrogens with one attached hydrogen (secondary N) is 1. The van der Waals surface area contributed by atoms with Crippen LogP contribution in [0.2, 0.25) is 0 Å². The SMILES string of the molecule is O=C(CCn1cccn1)NCCc1ccc(C(=O)O)cc1. The standard InChI is InChI=1S/C15H17N3O3/c19-14(7-11-18-10-1-8-17-18)16-9-6-12-2-4-13(5-3-12)15(20)21/h1-5,8,10H,6-7,9,11H2,(H,16,19)(H,20,21). The highest BCUT2D eigenvalue weighted by atomic mass is 16.4. The largest absolute Gasteiger partial charge is 0.478 e. The van der Waals surface area contributed by atoms with Crippen LogP contribution in [-0.2, 0) is 17.8 Å². The van der Waals surface area contributed by atoms with E-state index in [1.165, 1.54) is 0 Å². The summed E-state index contributed by atoms with van der Waals surface area (Å²) in [6.45, 7) is 1.09. The fourth-order valence-corrected chi connectivity index (χ4v) is 1.90. The summed E-state index contributed by atoms with van der Waals surface area (Å²) in [6, 6.07) is 8.48. The molecule has 0 aliphatic carbocycles. The van der Waals surface area contributed by atoms with Gasteiger partial charge in [0.2, 0.25) is 5.91 Å². The van der Waals surface area contributed by atoms with Crippen LogP contribution in [0.5, 0.6) is 0 Å². The maximum Gasteiger partial charge on any atom is 0.335 e. The molecule has 0 aliphatic rings. The number of aromatic carboxylic acids is 1. The van der Waals surface area contributed by atoms with E-state index < -0.39 is 5.97 Å². The zero-order valence-corrected chi connectivity index (χ0v) is 11.5. The van der Waals surface area contributed by atoms with Crippen molar-refractivity contribution in [3.8, 4) is 0 Å². The maximum absolute atomic E-state index is 11.6. The lowest BCUT2D eigenvalue weighted by atomic mass is 10.1. The second-order valence-corrected chi connectivity index (χ2v) is 4.62. The fourth-order valence-electron chi connectivity index (χ4n) is 1.90. The molecule has 2 N–H and O–H groups in total. The Morgan fingerprint density at radius 2 is 2.00 bits per heavy atom. The van der Waals surface area contributed by atoms with Crippen LogP contribution in [0.4, 0.5) is 0 Å². The highest BCUT2D eigenvalue weighted by Gasteiger charge is 2.03. The average molecular weight is 287 g/mol. The van der Waals surface area contributed by atoms with Crippen molar-refractivity contribution < 1.29 is 14.7 Å². The van der Waals surface area contributed by atoms with E-state index in [9.17, 15) is 9.59 Å². The van der Waals surface area contributed by atoms with Crippen molar-refractivity contribution in [1.82, 2.24) is 15.1 Å². The molecule has 21 heavy (non-hydrogen) atoms. The number of benzene rings is 1. The van der Waals surface area contributed by atoms with Gasteiger partial charge in [0.05, 0.1) is 5.56 Å². The quantitative estimate of drug-likeness (QED) is 0.804. The Bertz CT molecular complexity index is 591. The molecule has 1 aromatic carbocycles. The summed E-state index contributed by atoms with van der Waals surface area (Å²) >= 11 is 0. The number of aryl methyl sites for hydroxylation is 1. The van der Waals surface area contributed by atoms with E-state index in [0.29, 0.717) is 25.9 Å². The number of nitrogens with zero attached hydrogens (tertiary/aromatic N) is 2. The van der Waals surface area contributed by atoms with Gasteiger partial charge >= 0.3 is 5.97 Å². The van der Waals surface area contributed by atoms with Gasteiger partial charge < -0.3 is 10.4 Å². The van der Waals surface area contributed by atoms with E-state index in [1.54, 1.807) is 35.1 Å². The molecule has 1 aromatic heterocycles. The summed E-state index contributed by atoms with van der Waals surface area (Å²) in [5, 5.41) is 15.7. The van der Waals surface area contributed by atoms with Crippen molar-refractivity contribution in [1.29, 1.82) is 0 Å². The first-order chi connectivity index (χ1) is 10.1. The molecule has 1 heterocycles. The van der Waals surface area contributed by atoms with Crippen LogP contribution in [0, 0.1) is 0 Å². The number of hydrogen-bond acceptors (Lipinski definition) is 3. The van der Waals surface area contributed by atoms with E-state index in [0.717, 1.165) is 5.56 Å². The lowest BCUT2D eigenvalue weighted by molar-refractivity contribution is -0.121. The monoisotopic (exact) mass is 287 g/mol. The first-order valence-electron chi connectivity index (χ1n) is 6.71. The molecule has 0 fully saturated rings. The van der Waals surface area contributed by atoms with E-state index in [-0.39, 0.29) is 11.5 Å². The van der Waals surface area contributed by atoms with Crippen molar-refractivity contribution in [3.05, 3.63) is 53.9 Å². The van der Waals surface area contributed by atoms with E-state index in [4.69, 9.17) is 5.11 Å². The van der Waals surface area contributed by atoms with Crippen molar-refractivity contribution in [2.24, 2.45) is 0 Å². The van der Waals surface area contributed by atoms with Gasteiger partial charge in [-0.2, -0.15) is 5.10 Å². The second kappa shape index (κ2) is 7.23. The first-order valence-corrected chi connectivity index (χ1v) is 6.71. The normalized spacial score (nSPS) is 10.3. The Hall–Kier alpha value is -2.63. The molecule has 2 aromatic rings. The average Bonchev–Trinajstić information content (AvgIpc) is 2.99. The van der Waals surface area contributed by atoms with Gasteiger partial charge in [0, 0.05) is 31.9 Å². The fraction of sp³-hybridized carbons (Fsp3) is 0.267. The minimum atomic E-state index is -0.937. The minimum Gasteiger partial charge on any atom is -0.478 e. The number of carboxylic acid groups (broad SMARTS) is 1. The first kappa shape index (κ1) is 14.8. The number of amides is 1. The van der Waals surface area contributed by atoms with E-state index >= 15 is 0 Å². The highest BCUT2D eigenvalue weighted by molar-refractivity contribution is 5.87. The van der Waals surface area contributed by atoms with Gasteiger partial charge in [-0.25, -0.2) is 4.79 Å². The summed E-state index contributed by atoms with van der Waals surface area (Å²) < 4.78 is 1.71. The van der Waals surface area contributed by atoms with Crippen molar-refractivity contribution >= 4 is 11.9 Å². The molecule has 0 unspecified atom stereocenters. The Balaban J connectivity index is 1.68. The van der Waals surface area contributed by atoms with Crippen molar-refractivity contribution in [3.63, 3.8) is 0 Å². The van der Waals surface area contributed by atoms with Crippen LogP contribution in [0.1, 0.15) is 22.3 Å². The number of aromatic nitrogens is 2. The van der Waals surface area contributed by atoms with Gasteiger partial charge in [-0.3, -0.25) is 9.48 Å². The maximum atomic E-state index is 11.6. The molecular formula is C15H17N3O3. The van der Waals surface area contributed by atoms with Crippen molar-refractivity contribution in [2.75, 3.05) is 6.54 Å². The van der Waals surface area contributed by atoms with Crippen molar-refractivity contribution in [2.45, 2.75) is 19.4 Å². The molecule has 0 saturated heterocycles. The summed E-state index contributed by atoms with van der Waals surface area (Å²) in [7, 11) is 0. The summed E-state index contributed by atoms with van der Waals surface area (Å²) in [4.78, 5) is 22.4. The number of rotatable bonds is 7. The zero-order chi connectivity index (χ0) is 15.1. The molecule has 6 nitrogen and oxygen atoms in total. The van der Waals surface area contributed by atoms with Gasteiger partial charge in [-0.15, -0.1) is 0 Å². The van der Waals surface area contributed by atoms with Gasteiger partial charge in [0.25, 0.3) is 0 Å². The van der Waals surface area contributed by atoms with Crippen LogP contribution in [0.15, 0.2) is 42.7 Å². The molecule has 0 aliphatic heterocycles. The third-order valence-corrected chi connectivity index (χ3v) is 3.06. The van der Waals surface area contributed by atoms with Gasteiger partial charge in [-0.1, -0.05) is 12.1 Å². The smallest absolute Gasteiger partial charge is 0.335 e. The van der Waals surface area contributed by atoms with Gasteiger partial charge in [-0.05, 0) is 30.2 Å². The summed E-state index contributed by atoms with van der Waals surface area (Å²) in [5.41, 5.74) is 1.26. The Labute approximate surface area is 122 Å². The van der Waals surface area contributed by atoms with Gasteiger partial charge in [0.15, 0.2) is 0 Å². The van der Waals surface area contributed by atoms with Crippen LogP contribution in [-0.4, -0.2) is 33.3 Å². The minimum absolute atomic E-state index is 0.0207. The molecule has 2 rings (SSSR count). The van der Waals surface area contributed by atoms with Gasteiger partial charge in [0.1, 0.15) is 0 Å². The molecule has 1 amide bonds. The zero-order valence-electron chi connectivity index (χ0n) is 11.5. The highest BCUT2D eigenvalue weighted by Crippen LogP contribution is 2.04. The predicted molar refractivity (Wildman–Crippen MR) is 77.0 cm³/mol. The van der Waals surface area contributed by atoms with Crippen LogP contribution in [0.3, 0.4) is 0 Å². The molecule has 110 valence electrons. The molecule has 0 spiro atoms. The molecule has 0 bridgehead atoms. The molecule has 6 heteroatoms. The third kappa shape index (κ3) is 4.76. The predicted octanol–water partition coefficient (Wildman–Crippen LogP) is 1.33. The Morgan fingerprint density at radius 3 is 2.62 bits per heavy atom. The number of carbonyl (C=O) groups is 2. The lowest BCUT2D eigenvalue weighted by Gasteiger charge is -2.06. The van der Waals surface area contributed by atoms with Crippen LogP contribution < -0.4 is 5.32 Å².